The molecule has 0 atom stereocenters. The van der Waals surface area contributed by atoms with Crippen LogP contribution in [0.15, 0.2) is 24.3 Å². The number of amides is 1. The third-order valence-electron chi connectivity index (χ3n) is 1.62. The summed E-state index contributed by atoms with van der Waals surface area (Å²) >= 11 is 5.47. The highest BCUT2D eigenvalue weighted by Gasteiger charge is 1.97. The maximum absolute atomic E-state index is 10.7. The summed E-state index contributed by atoms with van der Waals surface area (Å²) in [5, 5.41) is 0. The second kappa shape index (κ2) is 5.31. The van der Waals surface area contributed by atoms with E-state index >= 15 is 0 Å². The number of alkyl halides is 1. The van der Waals surface area contributed by atoms with E-state index in [9.17, 15) is 4.79 Å². The van der Waals surface area contributed by atoms with Crippen molar-refractivity contribution in [2.24, 2.45) is 5.73 Å². The molecule has 1 aromatic rings. The highest BCUT2D eigenvalue weighted by molar-refractivity contribution is 6.18. The van der Waals surface area contributed by atoms with E-state index < -0.39 is 5.91 Å². The van der Waals surface area contributed by atoms with Crippen LogP contribution in [0.5, 0.6) is 0 Å². The normalized spacial score (nSPS) is 8.93. The standard InChI is InChI=1S/C11H10ClNO/c12-8-2-1-3-9-4-6-10(7-5-9)11(13)14/h4-7H,2,8H2,(H2,13,14). The lowest BCUT2D eigenvalue weighted by Gasteiger charge is -1.94. The third kappa shape index (κ3) is 3.12. The van der Waals surface area contributed by atoms with Gasteiger partial charge in [-0.15, -0.1) is 11.6 Å². The Morgan fingerprint density at radius 3 is 2.50 bits per heavy atom. The molecule has 0 bridgehead atoms. The number of hydrogen-bond acceptors (Lipinski definition) is 1. The van der Waals surface area contributed by atoms with Crippen LogP contribution in [-0.4, -0.2) is 11.8 Å². The van der Waals surface area contributed by atoms with Gasteiger partial charge >= 0.3 is 0 Å². The molecule has 0 spiro atoms. The predicted octanol–water partition coefficient (Wildman–Crippen LogP) is 1.77. The number of rotatable bonds is 2. The van der Waals surface area contributed by atoms with Gasteiger partial charge in [0, 0.05) is 23.4 Å². The maximum atomic E-state index is 10.7. The Kier molecular flexibility index (Phi) is 4.03. The molecular formula is C11H10ClNO. The summed E-state index contributed by atoms with van der Waals surface area (Å²) in [5.74, 6) is 5.94. The second-order valence-corrected chi connectivity index (χ2v) is 3.06. The van der Waals surface area contributed by atoms with Crippen LogP contribution >= 0.6 is 11.6 Å². The van der Waals surface area contributed by atoms with E-state index in [2.05, 4.69) is 11.8 Å². The van der Waals surface area contributed by atoms with Crippen LogP contribution < -0.4 is 5.73 Å². The average molecular weight is 208 g/mol. The fraction of sp³-hybridized carbons (Fsp3) is 0.182. The average Bonchev–Trinajstić information content (AvgIpc) is 2.19. The zero-order chi connectivity index (χ0) is 10.4. The van der Waals surface area contributed by atoms with Gasteiger partial charge in [0.1, 0.15) is 0 Å². The number of carbonyl (C=O) groups excluding carboxylic acids is 1. The van der Waals surface area contributed by atoms with Gasteiger partial charge in [-0.25, -0.2) is 0 Å². The number of benzene rings is 1. The van der Waals surface area contributed by atoms with Gasteiger partial charge in [-0.3, -0.25) is 4.79 Å². The molecule has 72 valence electrons. The van der Waals surface area contributed by atoms with Crippen molar-refractivity contribution < 1.29 is 4.79 Å². The van der Waals surface area contributed by atoms with E-state index in [-0.39, 0.29) is 0 Å². The summed E-state index contributed by atoms with van der Waals surface area (Å²) in [6, 6.07) is 6.85. The Morgan fingerprint density at radius 2 is 2.00 bits per heavy atom. The van der Waals surface area contributed by atoms with Gasteiger partial charge in [0.15, 0.2) is 0 Å². The molecule has 0 aliphatic rings. The minimum atomic E-state index is -0.426. The lowest BCUT2D eigenvalue weighted by molar-refractivity contribution is 0.100. The summed E-state index contributed by atoms with van der Waals surface area (Å²) in [6.45, 7) is 0. The second-order valence-electron chi connectivity index (χ2n) is 2.68. The molecule has 0 aliphatic carbocycles. The zero-order valence-corrected chi connectivity index (χ0v) is 8.34. The number of halogens is 1. The molecule has 0 saturated heterocycles. The van der Waals surface area contributed by atoms with Gasteiger partial charge in [-0.05, 0) is 24.3 Å². The van der Waals surface area contributed by atoms with Crippen LogP contribution in [-0.2, 0) is 0 Å². The molecule has 1 aromatic carbocycles. The summed E-state index contributed by atoms with van der Waals surface area (Å²) in [6.07, 6.45) is 0.666. The van der Waals surface area contributed by atoms with E-state index in [0.717, 1.165) is 5.56 Å². The van der Waals surface area contributed by atoms with Gasteiger partial charge in [0.2, 0.25) is 5.91 Å². The SMILES string of the molecule is NC(=O)c1ccc(C#CCCCl)cc1. The van der Waals surface area contributed by atoms with Crippen molar-refractivity contribution in [2.75, 3.05) is 5.88 Å². The van der Waals surface area contributed by atoms with Gasteiger partial charge in [-0.1, -0.05) is 11.8 Å². The van der Waals surface area contributed by atoms with Crippen LogP contribution in [0.1, 0.15) is 22.3 Å². The fourth-order valence-corrected chi connectivity index (χ4v) is 1.02. The monoisotopic (exact) mass is 207 g/mol. The fourth-order valence-electron chi connectivity index (χ4n) is 0.930. The number of primary amides is 1. The van der Waals surface area contributed by atoms with Crippen molar-refractivity contribution in [2.45, 2.75) is 6.42 Å². The summed E-state index contributed by atoms with van der Waals surface area (Å²) in [7, 11) is 0. The third-order valence-corrected chi connectivity index (χ3v) is 1.81. The number of carbonyl (C=O) groups is 1. The molecule has 0 aromatic heterocycles. The molecule has 0 fully saturated rings. The molecule has 0 unspecified atom stereocenters. The molecule has 0 radical (unpaired) electrons. The Hall–Kier alpha value is -1.46. The molecule has 3 heteroatoms. The van der Waals surface area contributed by atoms with Crippen molar-refractivity contribution in [1.82, 2.24) is 0 Å². The molecule has 14 heavy (non-hydrogen) atoms. The maximum Gasteiger partial charge on any atom is 0.248 e. The van der Waals surface area contributed by atoms with E-state index in [1.807, 2.05) is 0 Å². The Balaban J connectivity index is 2.75. The van der Waals surface area contributed by atoms with Crippen LogP contribution in [0.4, 0.5) is 0 Å². The van der Waals surface area contributed by atoms with Gasteiger partial charge in [0.05, 0.1) is 0 Å². The first-order chi connectivity index (χ1) is 6.74. The number of hydrogen-bond donors (Lipinski definition) is 1. The van der Waals surface area contributed by atoms with Gasteiger partial charge < -0.3 is 5.73 Å². The first-order valence-electron chi connectivity index (χ1n) is 4.18. The highest BCUT2D eigenvalue weighted by atomic mass is 35.5. The quantitative estimate of drug-likeness (QED) is 0.583. The van der Waals surface area contributed by atoms with Crippen molar-refractivity contribution in [3.05, 3.63) is 35.4 Å². The molecular weight excluding hydrogens is 198 g/mol. The molecule has 2 nitrogen and oxygen atoms in total. The van der Waals surface area contributed by atoms with Crippen molar-refractivity contribution in [1.29, 1.82) is 0 Å². The van der Waals surface area contributed by atoms with Crippen LogP contribution in [0, 0.1) is 11.8 Å². The van der Waals surface area contributed by atoms with Crippen molar-refractivity contribution in [3.63, 3.8) is 0 Å². The van der Waals surface area contributed by atoms with E-state index in [4.69, 9.17) is 17.3 Å². The van der Waals surface area contributed by atoms with Gasteiger partial charge in [0.25, 0.3) is 0 Å². The van der Waals surface area contributed by atoms with Crippen LogP contribution in [0.2, 0.25) is 0 Å². The smallest absolute Gasteiger partial charge is 0.248 e. The largest absolute Gasteiger partial charge is 0.366 e. The highest BCUT2D eigenvalue weighted by Crippen LogP contribution is 2.02. The topological polar surface area (TPSA) is 43.1 Å². The molecule has 1 amide bonds. The molecule has 0 aliphatic heterocycles. The van der Waals surface area contributed by atoms with Crippen molar-refractivity contribution >= 4 is 17.5 Å². The summed E-state index contributed by atoms with van der Waals surface area (Å²) < 4.78 is 0. The minimum Gasteiger partial charge on any atom is -0.366 e. The Morgan fingerprint density at radius 1 is 1.36 bits per heavy atom. The molecule has 1 rings (SSSR count). The molecule has 0 heterocycles. The van der Waals surface area contributed by atoms with Crippen LogP contribution in [0.3, 0.4) is 0 Å². The molecule has 2 N–H and O–H groups in total. The Bertz CT molecular complexity index is 373. The summed E-state index contributed by atoms with van der Waals surface area (Å²) in [5.41, 5.74) is 6.45. The number of nitrogens with two attached hydrogens (primary N) is 1. The summed E-state index contributed by atoms with van der Waals surface area (Å²) in [4.78, 5) is 10.7. The minimum absolute atomic E-state index is 0.426. The lowest BCUT2D eigenvalue weighted by Crippen LogP contribution is -2.10. The lowest BCUT2D eigenvalue weighted by atomic mass is 10.1. The van der Waals surface area contributed by atoms with E-state index in [1.165, 1.54) is 0 Å². The van der Waals surface area contributed by atoms with E-state index in [1.54, 1.807) is 24.3 Å². The first-order valence-corrected chi connectivity index (χ1v) is 4.72. The van der Waals surface area contributed by atoms with Crippen LogP contribution in [0.25, 0.3) is 0 Å². The first kappa shape index (κ1) is 10.6. The van der Waals surface area contributed by atoms with Crippen molar-refractivity contribution in [3.8, 4) is 11.8 Å². The van der Waals surface area contributed by atoms with E-state index in [0.29, 0.717) is 17.9 Å². The predicted molar refractivity (Wildman–Crippen MR) is 57.2 cm³/mol. The Labute approximate surface area is 88.1 Å². The van der Waals surface area contributed by atoms with Gasteiger partial charge in [-0.2, -0.15) is 0 Å². The molecule has 0 saturated carbocycles. The zero-order valence-electron chi connectivity index (χ0n) is 7.59.